The molecule has 5 rings (SSSR count). The maximum Gasteiger partial charge on any atom is 0.198 e. The Bertz CT molecular complexity index is 1260. The molecule has 3 aromatic rings. The van der Waals surface area contributed by atoms with E-state index in [4.69, 9.17) is 4.98 Å². The van der Waals surface area contributed by atoms with E-state index in [1.165, 1.54) is 6.07 Å². The van der Waals surface area contributed by atoms with Crippen molar-refractivity contribution in [1.82, 2.24) is 14.8 Å². The summed E-state index contributed by atoms with van der Waals surface area (Å²) in [5, 5.41) is 0. The summed E-state index contributed by atoms with van der Waals surface area (Å²) in [5.41, 5.74) is 1.89. The van der Waals surface area contributed by atoms with Gasteiger partial charge in [0.2, 0.25) is 0 Å². The molecule has 35 heavy (non-hydrogen) atoms. The quantitative estimate of drug-likeness (QED) is 0.528. The van der Waals surface area contributed by atoms with Crippen molar-refractivity contribution in [2.75, 3.05) is 45.2 Å². The molecule has 0 saturated carbocycles. The molecule has 180 valence electrons. The van der Waals surface area contributed by atoms with Crippen molar-refractivity contribution in [2.45, 2.75) is 19.0 Å². The van der Waals surface area contributed by atoms with Crippen LogP contribution in [-0.2, 0) is 12.1 Å². The molecule has 1 fully saturated rings. The minimum atomic E-state index is -1.48. The number of nitrogens with zero attached hydrogens (tertiary/aromatic N) is 4. The number of aromatic nitrogens is 1. The van der Waals surface area contributed by atoms with Crippen LogP contribution in [0, 0.1) is 12.7 Å². The molecule has 2 heterocycles. The van der Waals surface area contributed by atoms with Gasteiger partial charge in [-0.2, -0.15) is 0 Å². The number of hydrogen-bond acceptors (Lipinski definition) is 6. The highest BCUT2D eigenvalue weighted by Crippen LogP contribution is 2.42. The van der Waals surface area contributed by atoms with Gasteiger partial charge in [-0.3, -0.25) is 19.4 Å². The van der Waals surface area contributed by atoms with Crippen LogP contribution in [0.4, 0.5) is 10.2 Å². The lowest BCUT2D eigenvalue weighted by atomic mass is 9.85. The summed E-state index contributed by atoms with van der Waals surface area (Å²) in [6, 6.07) is 17.4. The Hall–Kier alpha value is -3.42. The van der Waals surface area contributed by atoms with E-state index in [1.807, 2.05) is 43.0 Å². The van der Waals surface area contributed by atoms with Crippen LogP contribution in [0.1, 0.15) is 37.5 Å². The van der Waals surface area contributed by atoms with E-state index >= 15 is 0 Å². The van der Waals surface area contributed by atoms with Crippen molar-refractivity contribution < 1.29 is 14.0 Å². The third kappa shape index (κ3) is 3.85. The molecular weight excluding hydrogens is 443 g/mol. The van der Waals surface area contributed by atoms with Crippen LogP contribution in [0.3, 0.4) is 0 Å². The van der Waals surface area contributed by atoms with E-state index < -0.39 is 5.54 Å². The van der Waals surface area contributed by atoms with Gasteiger partial charge >= 0.3 is 0 Å². The van der Waals surface area contributed by atoms with Gasteiger partial charge in [0.05, 0.1) is 5.69 Å². The van der Waals surface area contributed by atoms with Crippen molar-refractivity contribution in [3.8, 4) is 0 Å². The summed E-state index contributed by atoms with van der Waals surface area (Å²) in [6.45, 7) is 4.96. The minimum absolute atomic E-state index is 0.212. The minimum Gasteiger partial charge on any atom is -0.363 e. The first-order valence-electron chi connectivity index (χ1n) is 11.9. The maximum absolute atomic E-state index is 14.0. The normalized spacial score (nSPS) is 18.1. The van der Waals surface area contributed by atoms with Crippen LogP contribution in [0.5, 0.6) is 0 Å². The van der Waals surface area contributed by atoms with Crippen molar-refractivity contribution in [2.24, 2.45) is 0 Å². The third-order valence-corrected chi connectivity index (χ3v) is 7.19. The van der Waals surface area contributed by atoms with Gasteiger partial charge in [0.25, 0.3) is 0 Å². The molecule has 2 aliphatic rings. The summed E-state index contributed by atoms with van der Waals surface area (Å²) >= 11 is 0. The van der Waals surface area contributed by atoms with E-state index in [1.54, 1.807) is 42.5 Å². The van der Waals surface area contributed by atoms with Crippen molar-refractivity contribution >= 4 is 17.4 Å². The standard InChI is InChI=1S/C28H29FN4O2/c1-19-11-12-21(29)17-20(19)18-32-13-15-33(16-14-32)28(24-9-6-10-25(30-24)31(2)3)26(34)22-7-4-5-8-23(22)27(28)35/h4-12,17H,13-16,18H2,1-3H3. The van der Waals surface area contributed by atoms with Gasteiger partial charge < -0.3 is 4.90 Å². The Morgan fingerprint density at radius 2 is 1.57 bits per heavy atom. The molecule has 2 aromatic carbocycles. The zero-order valence-corrected chi connectivity index (χ0v) is 20.3. The summed E-state index contributed by atoms with van der Waals surface area (Å²) in [4.78, 5) is 38.9. The van der Waals surface area contributed by atoms with Gasteiger partial charge in [-0.1, -0.05) is 36.4 Å². The van der Waals surface area contributed by atoms with Gasteiger partial charge in [-0.25, -0.2) is 9.37 Å². The lowest BCUT2D eigenvalue weighted by molar-refractivity contribution is 0.0266. The molecule has 1 aliphatic carbocycles. The molecule has 6 nitrogen and oxygen atoms in total. The summed E-state index contributed by atoms with van der Waals surface area (Å²) in [5.74, 6) is 0.0282. The molecule has 0 bridgehead atoms. The number of hydrogen-bond donors (Lipinski definition) is 0. The second kappa shape index (κ2) is 8.98. The van der Waals surface area contributed by atoms with Gasteiger partial charge in [0, 0.05) is 57.9 Å². The number of aryl methyl sites for hydroxylation is 1. The fourth-order valence-corrected chi connectivity index (χ4v) is 5.22. The zero-order chi connectivity index (χ0) is 24.7. The Labute approximate surface area is 205 Å². The van der Waals surface area contributed by atoms with E-state index in [-0.39, 0.29) is 17.4 Å². The number of halogens is 1. The number of fused-ring (bicyclic) bond motifs is 1. The summed E-state index contributed by atoms with van der Waals surface area (Å²) in [6.07, 6.45) is 0. The Morgan fingerprint density at radius 3 is 2.20 bits per heavy atom. The number of carbonyl (C=O) groups is 2. The van der Waals surface area contributed by atoms with Crippen LogP contribution in [-0.4, -0.2) is 66.6 Å². The number of benzene rings is 2. The molecule has 0 amide bonds. The first kappa shape index (κ1) is 23.3. The molecule has 1 aromatic heterocycles. The van der Waals surface area contributed by atoms with Crippen LogP contribution in [0.15, 0.2) is 60.7 Å². The highest BCUT2D eigenvalue weighted by atomic mass is 19.1. The van der Waals surface area contributed by atoms with Gasteiger partial charge in [0.15, 0.2) is 17.1 Å². The van der Waals surface area contributed by atoms with Crippen LogP contribution >= 0.6 is 0 Å². The molecule has 0 atom stereocenters. The first-order chi connectivity index (χ1) is 16.8. The molecular formula is C28H29FN4O2. The van der Waals surface area contributed by atoms with Crippen LogP contribution in [0.25, 0.3) is 0 Å². The van der Waals surface area contributed by atoms with Crippen LogP contribution < -0.4 is 4.90 Å². The second-order valence-corrected chi connectivity index (χ2v) is 9.52. The average molecular weight is 473 g/mol. The predicted octanol–water partition coefficient (Wildman–Crippen LogP) is 3.69. The Morgan fingerprint density at radius 1 is 0.914 bits per heavy atom. The average Bonchev–Trinajstić information content (AvgIpc) is 3.09. The van der Waals surface area contributed by atoms with E-state index in [0.717, 1.165) is 11.1 Å². The van der Waals surface area contributed by atoms with Crippen molar-refractivity contribution in [1.29, 1.82) is 0 Å². The number of piperazine rings is 1. The van der Waals surface area contributed by atoms with Gasteiger partial charge in [0.1, 0.15) is 11.6 Å². The first-order valence-corrected chi connectivity index (χ1v) is 11.9. The van der Waals surface area contributed by atoms with E-state index in [9.17, 15) is 14.0 Å². The Balaban J connectivity index is 1.49. The number of carbonyl (C=O) groups excluding carboxylic acids is 2. The summed E-state index contributed by atoms with van der Waals surface area (Å²) < 4.78 is 13.8. The smallest absolute Gasteiger partial charge is 0.198 e. The monoisotopic (exact) mass is 472 g/mol. The molecule has 1 saturated heterocycles. The highest BCUT2D eigenvalue weighted by molar-refractivity contribution is 6.32. The van der Waals surface area contributed by atoms with Crippen molar-refractivity contribution in [3.05, 3.63) is 94.4 Å². The lowest BCUT2D eigenvalue weighted by Crippen LogP contribution is -2.60. The number of anilines is 1. The van der Waals surface area contributed by atoms with Crippen molar-refractivity contribution in [3.63, 3.8) is 0 Å². The van der Waals surface area contributed by atoms with Gasteiger partial charge in [-0.15, -0.1) is 0 Å². The molecule has 0 unspecified atom stereocenters. The van der Waals surface area contributed by atoms with Gasteiger partial charge in [-0.05, 0) is 42.3 Å². The third-order valence-electron chi connectivity index (χ3n) is 7.19. The predicted molar refractivity (Wildman–Crippen MR) is 133 cm³/mol. The largest absolute Gasteiger partial charge is 0.363 e. The number of pyridine rings is 1. The lowest BCUT2D eigenvalue weighted by Gasteiger charge is -2.43. The SMILES string of the molecule is Cc1ccc(F)cc1CN1CCN(C2(c3cccc(N(C)C)n3)C(=O)c3ccccc3C2=O)CC1. The fourth-order valence-electron chi connectivity index (χ4n) is 5.22. The van der Waals surface area contributed by atoms with Crippen LogP contribution in [0.2, 0.25) is 0 Å². The molecule has 7 heteroatoms. The molecule has 0 radical (unpaired) electrons. The topological polar surface area (TPSA) is 56.8 Å². The Kier molecular flexibility index (Phi) is 5.99. The number of rotatable bonds is 5. The fraction of sp³-hybridized carbons (Fsp3) is 0.321. The summed E-state index contributed by atoms with van der Waals surface area (Å²) in [7, 11) is 3.78. The highest BCUT2D eigenvalue weighted by Gasteiger charge is 2.59. The molecule has 0 N–H and O–H groups in total. The number of Topliss-reactive ketones (excluding diaryl/α,β-unsaturated/α-hetero) is 2. The number of ketones is 2. The molecule has 0 spiro atoms. The maximum atomic E-state index is 14.0. The van der Waals surface area contributed by atoms with E-state index in [2.05, 4.69) is 4.90 Å². The molecule has 1 aliphatic heterocycles. The van der Waals surface area contributed by atoms with E-state index in [0.29, 0.717) is 55.4 Å². The second-order valence-electron chi connectivity index (χ2n) is 9.52. The zero-order valence-electron chi connectivity index (χ0n) is 20.3.